The number of nitrogens with zero attached hydrogens (tertiary/aromatic N) is 1. The molecule has 1 aliphatic rings. The lowest BCUT2D eigenvalue weighted by atomic mass is 9.99. The van der Waals surface area contributed by atoms with Crippen molar-refractivity contribution in [2.24, 2.45) is 0 Å². The van der Waals surface area contributed by atoms with Crippen LogP contribution in [0.5, 0.6) is 0 Å². The predicted octanol–water partition coefficient (Wildman–Crippen LogP) is 0.997. The van der Waals surface area contributed by atoms with E-state index in [9.17, 15) is 4.79 Å². The zero-order valence-electron chi connectivity index (χ0n) is 8.89. The first-order chi connectivity index (χ1) is 6.14. The van der Waals surface area contributed by atoms with Crippen LogP contribution in [0.3, 0.4) is 0 Å². The lowest BCUT2D eigenvalue weighted by Gasteiger charge is -2.35. The highest BCUT2D eigenvalue weighted by atomic mass is 16.2. The van der Waals surface area contributed by atoms with Gasteiger partial charge in [-0.15, -0.1) is 0 Å². The van der Waals surface area contributed by atoms with Crippen LogP contribution in [0.25, 0.3) is 0 Å². The quantitative estimate of drug-likeness (QED) is 0.709. The molecule has 1 heterocycles. The van der Waals surface area contributed by atoms with Gasteiger partial charge in [-0.25, -0.2) is 0 Å². The number of likely N-dealkylation sites (N-methyl/N-ethyl adjacent to an activating group) is 1. The molecule has 0 aromatic heterocycles. The molecule has 1 fully saturated rings. The van der Waals surface area contributed by atoms with Gasteiger partial charge in [-0.05, 0) is 26.8 Å². The van der Waals surface area contributed by atoms with Crippen LogP contribution in [-0.4, -0.2) is 36.5 Å². The van der Waals surface area contributed by atoms with Crippen LogP contribution >= 0.6 is 0 Å². The summed E-state index contributed by atoms with van der Waals surface area (Å²) in [7, 11) is 1.94. The summed E-state index contributed by atoms with van der Waals surface area (Å²) in [6, 6.07) is 0. The Labute approximate surface area is 80.5 Å². The summed E-state index contributed by atoms with van der Waals surface area (Å²) in [5.74, 6) is 0.287. The number of hydrogen-bond acceptors (Lipinski definition) is 2. The fourth-order valence-electron chi connectivity index (χ4n) is 2.20. The molecule has 76 valence electrons. The van der Waals surface area contributed by atoms with E-state index in [0.29, 0.717) is 6.42 Å². The van der Waals surface area contributed by atoms with Gasteiger partial charge in [-0.3, -0.25) is 4.79 Å². The molecule has 0 aromatic carbocycles. The molecule has 3 heteroatoms. The van der Waals surface area contributed by atoms with Crippen LogP contribution in [0.1, 0.15) is 33.1 Å². The molecule has 1 atom stereocenters. The van der Waals surface area contributed by atoms with Gasteiger partial charge in [0.15, 0.2) is 0 Å². The SMILES string of the molecule is CCC(=O)N1CCCC1(C)CNC. The van der Waals surface area contributed by atoms with Crippen molar-refractivity contribution >= 4 is 5.91 Å². The van der Waals surface area contributed by atoms with E-state index in [4.69, 9.17) is 0 Å². The van der Waals surface area contributed by atoms with Gasteiger partial charge in [0.25, 0.3) is 0 Å². The molecule has 1 N–H and O–H groups in total. The number of carbonyl (C=O) groups excluding carboxylic acids is 1. The predicted molar refractivity (Wildman–Crippen MR) is 53.6 cm³/mol. The standard InChI is InChI=1S/C10H20N2O/c1-4-9(13)12-7-5-6-10(12,2)8-11-3/h11H,4-8H2,1-3H3. The number of likely N-dealkylation sites (tertiary alicyclic amines) is 1. The van der Waals surface area contributed by atoms with E-state index in [1.54, 1.807) is 0 Å². The van der Waals surface area contributed by atoms with E-state index in [0.717, 1.165) is 25.9 Å². The second kappa shape index (κ2) is 4.09. The molecular formula is C10H20N2O. The van der Waals surface area contributed by atoms with Crippen LogP contribution in [0, 0.1) is 0 Å². The molecule has 1 saturated heterocycles. The molecule has 13 heavy (non-hydrogen) atoms. The van der Waals surface area contributed by atoms with Gasteiger partial charge >= 0.3 is 0 Å². The molecule has 3 nitrogen and oxygen atoms in total. The highest BCUT2D eigenvalue weighted by Crippen LogP contribution is 2.28. The Balaban J connectivity index is 2.67. The van der Waals surface area contributed by atoms with E-state index in [-0.39, 0.29) is 11.4 Å². The molecule has 1 aliphatic heterocycles. The average Bonchev–Trinajstić information content (AvgIpc) is 2.47. The van der Waals surface area contributed by atoms with E-state index in [2.05, 4.69) is 12.2 Å². The van der Waals surface area contributed by atoms with Crippen molar-refractivity contribution in [2.75, 3.05) is 20.1 Å². The van der Waals surface area contributed by atoms with Crippen molar-refractivity contribution in [1.82, 2.24) is 10.2 Å². The van der Waals surface area contributed by atoms with Crippen molar-refractivity contribution in [2.45, 2.75) is 38.6 Å². The van der Waals surface area contributed by atoms with Crippen LogP contribution in [0.2, 0.25) is 0 Å². The zero-order valence-corrected chi connectivity index (χ0v) is 8.89. The Morgan fingerprint density at radius 3 is 2.85 bits per heavy atom. The minimum absolute atomic E-state index is 0.0574. The Morgan fingerprint density at radius 2 is 2.31 bits per heavy atom. The molecule has 1 unspecified atom stereocenters. The molecule has 1 amide bonds. The van der Waals surface area contributed by atoms with Gasteiger partial charge in [-0.2, -0.15) is 0 Å². The normalized spacial score (nSPS) is 28.1. The minimum Gasteiger partial charge on any atom is -0.336 e. The fraction of sp³-hybridized carbons (Fsp3) is 0.900. The maximum Gasteiger partial charge on any atom is 0.222 e. The van der Waals surface area contributed by atoms with Crippen molar-refractivity contribution in [3.05, 3.63) is 0 Å². The Hall–Kier alpha value is -0.570. The first-order valence-electron chi connectivity index (χ1n) is 5.09. The van der Waals surface area contributed by atoms with E-state index < -0.39 is 0 Å². The topological polar surface area (TPSA) is 32.3 Å². The summed E-state index contributed by atoms with van der Waals surface area (Å²) < 4.78 is 0. The van der Waals surface area contributed by atoms with Gasteiger partial charge in [-0.1, -0.05) is 6.92 Å². The zero-order chi connectivity index (χ0) is 9.90. The van der Waals surface area contributed by atoms with Crippen LogP contribution in [0.15, 0.2) is 0 Å². The van der Waals surface area contributed by atoms with Gasteiger partial charge in [0.05, 0.1) is 5.54 Å². The molecule has 0 aliphatic carbocycles. The Morgan fingerprint density at radius 1 is 1.62 bits per heavy atom. The molecule has 0 radical (unpaired) electrons. The minimum atomic E-state index is 0.0574. The largest absolute Gasteiger partial charge is 0.336 e. The van der Waals surface area contributed by atoms with Crippen molar-refractivity contribution in [3.63, 3.8) is 0 Å². The Bertz CT molecular complexity index is 193. The van der Waals surface area contributed by atoms with E-state index in [1.807, 2.05) is 18.9 Å². The summed E-state index contributed by atoms with van der Waals surface area (Å²) in [4.78, 5) is 13.6. The monoisotopic (exact) mass is 184 g/mol. The molecule has 1 rings (SSSR count). The molecule has 0 spiro atoms. The van der Waals surface area contributed by atoms with Gasteiger partial charge in [0.2, 0.25) is 5.91 Å². The van der Waals surface area contributed by atoms with E-state index in [1.165, 1.54) is 0 Å². The van der Waals surface area contributed by atoms with Crippen LogP contribution < -0.4 is 5.32 Å². The lowest BCUT2D eigenvalue weighted by molar-refractivity contribution is -0.134. The van der Waals surface area contributed by atoms with Crippen molar-refractivity contribution in [1.29, 1.82) is 0 Å². The number of amides is 1. The smallest absolute Gasteiger partial charge is 0.222 e. The summed E-state index contributed by atoms with van der Waals surface area (Å²) in [6.07, 6.45) is 2.89. The van der Waals surface area contributed by atoms with Crippen molar-refractivity contribution < 1.29 is 4.79 Å². The van der Waals surface area contributed by atoms with E-state index >= 15 is 0 Å². The van der Waals surface area contributed by atoms with Crippen molar-refractivity contribution in [3.8, 4) is 0 Å². The highest BCUT2D eigenvalue weighted by Gasteiger charge is 2.37. The fourth-order valence-corrected chi connectivity index (χ4v) is 2.20. The molecular weight excluding hydrogens is 164 g/mol. The summed E-state index contributed by atoms with van der Waals surface area (Å²) >= 11 is 0. The van der Waals surface area contributed by atoms with Gasteiger partial charge in [0.1, 0.15) is 0 Å². The number of nitrogens with one attached hydrogen (secondary N) is 1. The third-order valence-electron chi connectivity index (χ3n) is 2.91. The van der Waals surface area contributed by atoms with Crippen LogP contribution in [-0.2, 0) is 4.79 Å². The third-order valence-corrected chi connectivity index (χ3v) is 2.91. The Kier molecular flexibility index (Phi) is 3.31. The maximum absolute atomic E-state index is 11.6. The van der Waals surface area contributed by atoms with Gasteiger partial charge < -0.3 is 10.2 Å². The summed E-state index contributed by atoms with van der Waals surface area (Å²) in [5.41, 5.74) is 0.0574. The molecule has 0 saturated carbocycles. The molecule has 0 aromatic rings. The average molecular weight is 184 g/mol. The first kappa shape index (κ1) is 10.5. The second-order valence-electron chi connectivity index (χ2n) is 4.03. The lowest BCUT2D eigenvalue weighted by Crippen LogP contribution is -2.50. The van der Waals surface area contributed by atoms with Gasteiger partial charge in [0, 0.05) is 19.5 Å². The van der Waals surface area contributed by atoms with Crippen LogP contribution in [0.4, 0.5) is 0 Å². The third kappa shape index (κ3) is 2.02. The number of carbonyl (C=O) groups is 1. The number of rotatable bonds is 3. The summed E-state index contributed by atoms with van der Waals surface area (Å²) in [6.45, 7) is 5.94. The highest BCUT2D eigenvalue weighted by molar-refractivity contribution is 5.77. The maximum atomic E-state index is 11.6. The summed E-state index contributed by atoms with van der Waals surface area (Å²) in [5, 5.41) is 3.17. The molecule has 0 bridgehead atoms. The number of hydrogen-bond donors (Lipinski definition) is 1. The first-order valence-corrected chi connectivity index (χ1v) is 5.09. The second-order valence-corrected chi connectivity index (χ2v) is 4.03.